The maximum atomic E-state index is 11.4. The SMILES string of the molecule is COC(=O)N(C)c1cccc2cc[nH]c12. The number of benzene rings is 1. The van der Waals surface area contributed by atoms with E-state index in [9.17, 15) is 4.79 Å². The number of H-pyrrole nitrogens is 1. The van der Waals surface area contributed by atoms with Crippen LogP contribution in [0.5, 0.6) is 0 Å². The number of carbonyl (C=O) groups is 1. The number of hydrogen-bond donors (Lipinski definition) is 1. The Morgan fingerprint density at radius 2 is 2.20 bits per heavy atom. The summed E-state index contributed by atoms with van der Waals surface area (Å²) < 4.78 is 4.66. The number of hydrogen-bond acceptors (Lipinski definition) is 2. The third kappa shape index (κ3) is 1.54. The quantitative estimate of drug-likeness (QED) is 0.775. The van der Waals surface area contributed by atoms with Gasteiger partial charge in [0.05, 0.1) is 18.3 Å². The van der Waals surface area contributed by atoms with E-state index in [1.807, 2.05) is 30.5 Å². The summed E-state index contributed by atoms with van der Waals surface area (Å²) >= 11 is 0. The Morgan fingerprint density at radius 3 is 2.93 bits per heavy atom. The molecule has 4 nitrogen and oxygen atoms in total. The van der Waals surface area contributed by atoms with E-state index in [-0.39, 0.29) is 6.09 Å². The molecule has 0 unspecified atom stereocenters. The Kier molecular flexibility index (Phi) is 2.33. The van der Waals surface area contributed by atoms with E-state index in [0.717, 1.165) is 16.6 Å². The zero-order chi connectivity index (χ0) is 10.8. The van der Waals surface area contributed by atoms with Crippen molar-refractivity contribution in [3.63, 3.8) is 0 Å². The number of nitrogens with one attached hydrogen (secondary N) is 1. The van der Waals surface area contributed by atoms with Crippen molar-refractivity contribution in [2.75, 3.05) is 19.1 Å². The normalized spacial score (nSPS) is 10.3. The van der Waals surface area contributed by atoms with Crippen molar-refractivity contribution in [1.82, 2.24) is 4.98 Å². The topological polar surface area (TPSA) is 45.3 Å². The standard InChI is InChI=1S/C11H12N2O2/c1-13(11(14)15-2)9-5-3-4-8-6-7-12-10(8)9/h3-7,12H,1-2H3. The lowest BCUT2D eigenvalue weighted by molar-refractivity contribution is 0.180. The molecule has 0 saturated carbocycles. The van der Waals surface area contributed by atoms with E-state index in [4.69, 9.17) is 0 Å². The highest BCUT2D eigenvalue weighted by Crippen LogP contribution is 2.24. The highest BCUT2D eigenvalue weighted by atomic mass is 16.5. The Bertz CT molecular complexity index is 490. The first-order valence-electron chi connectivity index (χ1n) is 4.62. The molecule has 1 aromatic carbocycles. The number of methoxy groups -OCH3 is 1. The fraction of sp³-hybridized carbons (Fsp3) is 0.182. The first-order chi connectivity index (χ1) is 7.24. The van der Waals surface area contributed by atoms with Gasteiger partial charge in [0.15, 0.2) is 0 Å². The maximum Gasteiger partial charge on any atom is 0.413 e. The van der Waals surface area contributed by atoms with Crippen molar-refractivity contribution in [3.05, 3.63) is 30.5 Å². The van der Waals surface area contributed by atoms with Gasteiger partial charge in [-0.1, -0.05) is 12.1 Å². The van der Waals surface area contributed by atoms with Crippen LogP contribution in [0.2, 0.25) is 0 Å². The second kappa shape index (κ2) is 3.65. The van der Waals surface area contributed by atoms with Gasteiger partial charge in [-0.15, -0.1) is 0 Å². The molecule has 78 valence electrons. The van der Waals surface area contributed by atoms with Crippen LogP contribution in [0.15, 0.2) is 30.5 Å². The number of rotatable bonds is 1. The number of carbonyl (C=O) groups excluding carboxylic acids is 1. The number of ether oxygens (including phenoxy) is 1. The number of amides is 1. The van der Waals surface area contributed by atoms with Crippen LogP contribution in [0.4, 0.5) is 10.5 Å². The number of anilines is 1. The molecule has 0 aliphatic rings. The average Bonchev–Trinajstić information content (AvgIpc) is 2.74. The Balaban J connectivity index is 2.51. The van der Waals surface area contributed by atoms with Gasteiger partial charge < -0.3 is 9.72 Å². The number of aromatic amines is 1. The Labute approximate surface area is 87.5 Å². The zero-order valence-electron chi connectivity index (χ0n) is 8.65. The lowest BCUT2D eigenvalue weighted by Crippen LogP contribution is -2.25. The summed E-state index contributed by atoms with van der Waals surface area (Å²) in [6.45, 7) is 0. The van der Waals surface area contributed by atoms with Crippen LogP contribution >= 0.6 is 0 Å². The predicted octanol–water partition coefficient (Wildman–Crippen LogP) is 2.37. The van der Waals surface area contributed by atoms with Gasteiger partial charge in [0.25, 0.3) is 0 Å². The minimum absolute atomic E-state index is 0.378. The van der Waals surface area contributed by atoms with Crippen molar-refractivity contribution < 1.29 is 9.53 Å². The molecule has 2 aromatic rings. The van der Waals surface area contributed by atoms with E-state index in [1.165, 1.54) is 12.0 Å². The lowest BCUT2D eigenvalue weighted by Gasteiger charge is -2.16. The molecule has 1 N–H and O–H groups in total. The zero-order valence-corrected chi connectivity index (χ0v) is 8.65. The molecule has 0 aliphatic heterocycles. The summed E-state index contributed by atoms with van der Waals surface area (Å²) in [5.74, 6) is 0. The molecule has 4 heteroatoms. The molecular formula is C11H12N2O2. The number of aromatic nitrogens is 1. The van der Waals surface area contributed by atoms with Crippen LogP contribution in [0, 0.1) is 0 Å². The van der Waals surface area contributed by atoms with Crippen LogP contribution in [0.3, 0.4) is 0 Å². The van der Waals surface area contributed by atoms with Crippen LogP contribution in [0.1, 0.15) is 0 Å². The maximum absolute atomic E-state index is 11.4. The smallest absolute Gasteiger partial charge is 0.413 e. The number of para-hydroxylation sites is 1. The van der Waals surface area contributed by atoms with Gasteiger partial charge in [0, 0.05) is 18.6 Å². The average molecular weight is 204 g/mol. The van der Waals surface area contributed by atoms with Crippen LogP contribution in [-0.2, 0) is 4.74 Å². The molecule has 1 amide bonds. The third-order valence-electron chi connectivity index (χ3n) is 2.38. The summed E-state index contributed by atoms with van der Waals surface area (Å²) in [5, 5.41) is 1.07. The molecule has 0 radical (unpaired) electrons. The summed E-state index contributed by atoms with van der Waals surface area (Å²) in [6, 6.07) is 7.73. The number of fused-ring (bicyclic) bond motifs is 1. The summed E-state index contributed by atoms with van der Waals surface area (Å²) in [5.41, 5.74) is 1.75. The first kappa shape index (κ1) is 9.58. The van der Waals surface area contributed by atoms with Crippen molar-refractivity contribution in [3.8, 4) is 0 Å². The molecule has 0 spiro atoms. The Hall–Kier alpha value is -1.97. The highest BCUT2D eigenvalue weighted by Gasteiger charge is 2.13. The lowest BCUT2D eigenvalue weighted by atomic mass is 10.2. The molecule has 2 rings (SSSR count). The van der Waals surface area contributed by atoms with Crippen LogP contribution in [-0.4, -0.2) is 25.2 Å². The van der Waals surface area contributed by atoms with Gasteiger partial charge in [0.2, 0.25) is 0 Å². The molecule has 0 atom stereocenters. The van der Waals surface area contributed by atoms with Gasteiger partial charge in [0.1, 0.15) is 0 Å². The molecule has 0 bridgehead atoms. The van der Waals surface area contributed by atoms with Crippen LogP contribution < -0.4 is 4.90 Å². The molecule has 0 saturated heterocycles. The van der Waals surface area contributed by atoms with Gasteiger partial charge >= 0.3 is 6.09 Å². The molecular weight excluding hydrogens is 192 g/mol. The molecule has 1 heterocycles. The van der Waals surface area contributed by atoms with Crippen LogP contribution in [0.25, 0.3) is 10.9 Å². The summed E-state index contributed by atoms with van der Waals surface area (Å²) in [4.78, 5) is 15.9. The van der Waals surface area contributed by atoms with E-state index in [2.05, 4.69) is 9.72 Å². The molecule has 0 fully saturated rings. The highest BCUT2D eigenvalue weighted by molar-refractivity contribution is 5.99. The van der Waals surface area contributed by atoms with Gasteiger partial charge in [-0.3, -0.25) is 4.90 Å². The predicted molar refractivity (Wildman–Crippen MR) is 59.1 cm³/mol. The van der Waals surface area contributed by atoms with Gasteiger partial charge in [-0.05, 0) is 12.1 Å². The minimum atomic E-state index is -0.378. The van der Waals surface area contributed by atoms with Crippen molar-refractivity contribution >= 4 is 22.7 Å². The molecule has 1 aromatic heterocycles. The monoisotopic (exact) mass is 204 g/mol. The van der Waals surface area contributed by atoms with Crippen molar-refractivity contribution in [2.24, 2.45) is 0 Å². The fourth-order valence-corrected chi connectivity index (χ4v) is 1.58. The summed E-state index contributed by atoms with van der Waals surface area (Å²) in [6.07, 6.45) is 1.47. The van der Waals surface area contributed by atoms with Crippen molar-refractivity contribution in [2.45, 2.75) is 0 Å². The minimum Gasteiger partial charge on any atom is -0.452 e. The van der Waals surface area contributed by atoms with E-state index in [1.54, 1.807) is 7.05 Å². The molecule has 15 heavy (non-hydrogen) atoms. The number of nitrogens with zero attached hydrogens (tertiary/aromatic N) is 1. The van der Waals surface area contributed by atoms with Crippen molar-refractivity contribution in [1.29, 1.82) is 0 Å². The first-order valence-corrected chi connectivity index (χ1v) is 4.62. The molecule has 0 aliphatic carbocycles. The second-order valence-corrected chi connectivity index (χ2v) is 3.25. The largest absolute Gasteiger partial charge is 0.452 e. The third-order valence-corrected chi connectivity index (χ3v) is 2.38. The fourth-order valence-electron chi connectivity index (χ4n) is 1.58. The second-order valence-electron chi connectivity index (χ2n) is 3.25. The van der Waals surface area contributed by atoms with Gasteiger partial charge in [-0.25, -0.2) is 4.79 Å². The Morgan fingerprint density at radius 1 is 1.40 bits per heavy atom. The van der Waals surface area contributed by atoms with E-state index >= 15 is 0 Å². The summed E-state index contributed by atoms with van der Waals surface area (Å²) in [7, 11) is 3.05. The van der Waals surface area contributed by atoms with E-state index in [0.29, 0.717) is 0 Å². The van der Waals surface area contributed by atoms with Gasteiger partial charge in [-0.2, -0.15) is 0 Å². The van der Waals surface area contributed by atoms with E-state index < -0.39 is 0 Å².